The Kier molecular flexibility index (Phi) is 7.24. The molecule has 1 aliphatic heterocycles. The number of benzene rings is 1. The lowest BCUT2D eigenvalue weighted by Crippen LogP contribution is -2.31. The van der Waals surface area contributed by atoms with Crippen LogP contribution in [0.5, 0.6) is 0 Å². The van der Waals surface area contributed by atoms with Crippen LogP contribution in [-0.2, 0) is 11.2 Å². The summed E-state index contributed by atoms with van der Waals surface area (Å²) in [7, 11) is 0. The second kappa shape index (κ2) is 9.01. The molecule has 5 heteroatoms. The molecule has 0 bridgehead atoms. The zero-order chi connectivity index (χ0) is 18.0. The average molecular weight is 379 g/mol. The molecular formula is C21H31ClN2O2. The van der Waals surface area contributed by atoms with Crippen LogP contribution in [0.4, 0.5) is 5.69 Å². The number of aryl methyl sites for hydroxylation is 2. The molecule has 2 unspecified atom stereocenters. The van der Waals surface area contributed by atoms with Gasteiger partial charge in [0.25, 0.3) is 0 Å². The summed E-state index contributed by atoms with van der Waals surface area (Å²) in [6.45, 7) is 8.23. The van der Waals surface area contributed by atoms with Gasteiger partial charge in [0.05, 0.1) is 0 Å². The molecule has 1 aliphatic carbocycles. The van der Waals surface area contributed by atoms with Gasteiger partial charge >= 0.3 is 0 Å². The number of ketones is 1. The highest BCUT2D eigenvalue weighted by molar-refractivity contribution is 6.06. The Morgan fingerprint density at radius 3 is 2.77 bits per heavy atom. The van der Waals surface area contributed by atoms with E-state index in [1.54, 1.807) is 0 Å². The Hall–Kier alpha value is -1.39. The van der Waals surface area contributed by atoms with Crippen molar-refractivity contribution in [3.63, 3.8) is 0 Å². The van der Waals surface area contributed by atoms with E-state index in [0.29, 0.717) is 6.42 Å². The largest absolute Gasteiger partial charge is 0.326 e. The van der Waals surface area contributed by atoms with Gasteiger partial charge in [-0.2, -0.15) is 0 Å². The molecule has 1 heterocycles. The number of rotatable bonds is 6. The van der Waals surface area contributed by atoms with E-state index >= 15 is 0 Å². The molecule has 0 aromatic heterocycles. The highest BCUT2D eigenvalue weighted by atomic mass is 35.5. The maximum atomic E-state index is 13.2. The van der Waals surface area contributed by atoms with E-state index in [4.69, 9.17) is 0 Å². The first kappa shape index (κ1) is 20.9. The molecule has 2 aliphatic rings. The molecule has 0 spiro atoms. The summed E-state index contributed by atoms with van der Waals surface area (Å²) < 4.78 is 0. The van der Waals surface area contributed by atoms with E-state index in [1.807, 2.05) is 6.92 Å². The molecule has 4 nitrogen and oxygen atoms in total. The van der Waals surface area contributed by atoms with Crippen molar-refractivity contribution in [1.29, 1.82) is 0 Å². The summed E-state index contributed by atoms with van der Waals surface area (Å²) in [6, 6.07) is 2.11. The number of hydrogen-bond donors (Lipinski definition) is 2. The van der Waals surface area contributed by atoms with Crippen LogP contribution in [0.1, 0.15) is 78.9 Å². The van der Waals surface area contributed by atoms with Crippen molar-refractivity contribution in [2.24, 2.45) is 5.92 Å². The minimum absolute atomic E-state index is 0. The van der Waals surface area contributed by atoms with Gasteiger partial charge in [0.1, 0.15) is 0 Å². The summed E-state index contributed by atoms with van der Waals surface area (Å²) in [4.78, 5) is 25.1. The van der Waals surface area contributed by atoms with Crippen molar-refractivity contribution < 1.29 is 9.59 Å². The summed E-state index contributed by atoms with van der Waals surface area (Å²) in [6.07, 6.45) is 5.67. The molecule has 2 atom stereocenters. The predicted octanol–water partition coefficient (Wildman–Crippen LogP) is 4.39. The highest BCUT2D eigenvalue weighted by Gasteiger charge is 2.35. The molecular weight excluding hydrogens is 348 g/mol. The Labute approximate surface area is 162 Å². The number of fused-ring (bicyclic) bond motifs is 3. The molecule has 0 saturated carbocycles. The van der Waals surface area contributed by atoms with Crippen LogP contribution >= 0.6 is 12.4 Å². The lowest BCUT2D eigenvalue weighted by atomic mass is 9.74. The Balaban J connectivity index is 0.00000243. The molecule has 0 saturated heterocycles. The third-order valence-corrected chi connectivity index (χ3v) is 5.65. The maximum absolute atomic E-state index is 13.2. The van der Waals surface area contributed by atoms with E-state index in [-0.39, 0.29) is 35.9 Å². The van der Waals surface area contributed by atoms with Gasteiger partial charge in [-0.25, -0.2) is 0 Å². The lowest BCUT2D eigenvalue weighted by molar-refractivity contribution is -0.116. The predicted molar refractivity (Wildman–Crippen MR) is 109 cm³/mol. The van der Waals surface area contributed by atoms with Crippen molar-refractivity contribution in [3.8, 4) is 0 Å². The molecule has 2 N–H and O–H groups in total. The Morgan fingerprint density at radius 1 is 1.27 bits per heavy atom. The molecule has 0 fully saturated rings. The van der Waals surface area contributed by atoms with Crippen molar-refractivity contribution in [2.45, 2.75) is 65.2 Å². The highest BCUT2D eigenvalue weighted by Crippen LogP contribution is 2.42. The zero-order valence-electron chi connectivity index (χ0n) is 16.1. The van der Waals surface area contributed by atoms with Crippen molar-refractivity contribution in [3.05, 3.63) is 28.3 Å². The molecule has 144 valence electrons. The summed E-state index contributed by atoms with van der Waals surface area (Å²) in [5, 5.41) is 6.46. The topological polar surface area (TPSA) is 58.2 Å². The normalized spacial score (nSPS) is 21.5. The van der Waals surface area contributed by atoms with Crippen LogP contribution < -0.4 is 10.6 Å². The van der Waals surface area contributed by atoms with Crippen LogP contribution in [0, 0.1) is 12.8 Å². The lowest BCUT2D eigenvalue weighted by Gasteiger charge is -2.32. The standard InChI is InChI=1S/C21H30N2O2.ClH/c1-4-5-9-22-10-8-15-6-7-16-11-14(3)20-18(19(16)21(15)25)13(2)12-17(24)23-20;/h11,13,15,22H,4-10,12H2,1-3H3,(H,23,24);1H. The van der Waals surface area contributed by atoms with Crippen LogP contribution in [0.2, 0.25) is 0 Å². The first-order valence-electron chi connectivity index (χ1n) is 9.74. The van der Waals surface area contributed by atoms with Crippen molar-refractivity contribution >= 4 is 29.8 Å². The minimum atomic E-state index is 0. The molecule has 0 radical (unpaired) electrons. The molecule has 3 rings (SSSR count). The van der Waals surface area contributed by atoms with Crippen molar-refractivity contribution in [1.82, 2.24) is 5.32 Å². The number of unbranched alkanes of at least 4 members (excludes halogenated alkanes) is 1. The van der Waals surface area contributed by atoms with Crippen LogP contribution in [-0.4, -0.2) is 24.8 Å². The molecule has 1 aromatic rings. The minimum Gasteiger partial charge on any atom is -0.326 e. The third-order valence-electron chi connectivity index (χ3n) is 5.65. The summed E-state index contributed by atoms with van der Waals surface area (Å²) >= 11 is 0. The smallest absolute Gasteiger partial charge is 0.224 e. The third kappa shape index (κ3) is 4.12. The van der Waals surface area contributed by atoms with E-state index < -0.39 is 0 Å². The quantitative estimate of drug-likeness (QED) is 0.722. The number of carbonyl (C=O) groups excluding carboxylic acids is 2. The van der Waals surface area contributed by atoms with E-state index in [0.717, 1.165) is 54.7 Å². The van der Waals surface area contributed by atoms with E-state index in [9.17, 15) is 9.59 Å². The second-order valence-corrected chi connectivity index (χ2v) is 7.66. The Morgan fingerprint density at radius 2 is 2.04 bits per heavy atom. The maximum Gasteiger partial charge on any atom is 0.224 e. The van der Waals surface area contributed by atoms with Gasteiger partial charge < -0.3 is 10.6 Å². The van der Waals surface area contributed by atoms with Gasteiger partial charge in [0, 0.05) is 23.6 Å². The first-order valence-corrected chi connectivity index (χ1v) is 9.74. The van der Waals surface area contributed by atoms with Gasteiger partial charge in [0.15, 0.2) is 5.78 Å². The summed E-state index contributed by atoms with van der Waals surface area (Å²) in [5.74, 6) is 0.571. The van der Waals surface area contributed by atoms with Crippen LogP contribution in [0.15, 0.2) is 6.07 Å². The number of amides is 1. The number of anilines is 1. The number of Topliss-reactive ketones (excluding diaryl/α,β-unsaturated/α-hetero) is 1. The zero-order valence-corrected chi connectivity index (χ0v) is 16.9. The monoisotopic (exact) mass is 378 g/mol. The number of nitrogens with one attached hydrogen (secondary N) is 2. The van der Waals surface area contributed by atoms with Gasteiger partial charge in [0.2, 0.25) is 5.91 Å². The number of hydrogen-bond acceptors (Lipinski definition) is 3. The fraction of sp³-hybridized carbons (Fsp3) is 0.619. The van der Waals surface area contributed by atoms with E-state index in [2.05, 4.69) is 30.5 Å². The van der Waals surface area contributed by atoms with Gasteiger partial charge in [-0.1, -0.05) is 26.3 Å². The van der Waals surface area contributed by atoms with Gasteiger partial charge in [-0.15, -0.1) is 12.4 Å². The van der Waals surface area contributed by atoms with E-state index in [1.165, 1.54) is 18.4 Å². The van der Waals surface area contributed by atoms with Gasteiger partial charge in [-0.05, 0) is 68.3 Å². The number of halogens is 1. The second-order valence-electron chi connectivity index (χ2n) is 7.66. The van der Waals surface area contributed by atoms with Crippen molar-refractivity contribution in [2.75, 3.05) is 18.4 Å². The SMILES string of the molecule is CCCCNCCC1CCc2cc(C)c3c(c2C1=O)C(C)CC(=O)N3.Cl. The fourth-order valence-corrected chi connectivity index (χ4v) is 4.28. The average Bonchev–Trinajstić information content (AvgIpc) is 2.57. The molecule has 1 aromatic carbocycles. The summed E-state index contributed by atoms with van der Waals surface area (Å²) in [5.41, 5.74) is 5.15. The molecule has 26 heavy (non-hydrogen) atoms. The van der Waals surface area contributed by atoms with Crippen LogP contribution in [0.3, 0.4) is 0 Å². The van der Waals surface area contributed by atoms with Crippen LogP contribution in [0.25, 0.3) is 0 Å². The van der Waals surface area contributed by atoms with Gasteiger partial charge in [-0.3, -0.25) is 9.59 Å². The number of carbonyl (C=O) groups is 2. The fourth-order valence-electron chi connectivity index (χ4n) is 4.28. The Bertz CT molecular complexity index is 687. The first-order chi connectivity index (χ1) is 12.0. The molecule has 1 amide bonds.